The Bertz CT molecular complexity index is 7810. The summed E-state index contributed by atoms with van der Waals surface area (Å²) >= 11 is 5.60. The fraction of sp³-hybridized carbons (Fsp3) is 0.0270. The number of benzene rings is 18. The highest BCUT2D eigenvalue weighted by atomic mass is 32.1. The summed E-state index contributed by atoms with van der Waals surface area (Å²) in [5, 5.41) is 12.7. The molecule has 0 N–H and O–H groups in total. The van der Waals surface area contributed by atoms with Crippen LogP contribution < -0.4 is 19.6 Å². The molecular weight excluding hydrogens is 1510 g/mol. The average Bonchev–Trinajstić information content (AvgIpc) is 1.57. The van der Waals surface area contributed by atoms with Crippen LogP contribution in [0.3, 0.4) is 0 Å². The molecule has 1 aliphatic carbocycles. The Morgan fingerprint density at radius 1 is 0.183 bits per heavy atom. The van der Waals surface area contributed by atoms with Gasteiger partial charge in [-0.05, 0) is 241 Å². The normalized spacial score (nSPS) is 12.3. The molecule has 0 unspecified atom stereocenters. The zero-order valence-corrected chi connectivity index (χ0v) is 68.3. The van der Waals surface area contributed by atoms with E-state index in [-0.39, 0.29) is 5.41 Å². The van der Waals surface area contributed by atoms with E-state index >= 15 is 0 Å². The molecule has 0 spiro atoms. The molecular formula is C111H76N6S3. The van der Waals surface area contributed by atoms with E-state index in [9.17, 15) is 0 Å². The van der Waals surface area contributed by atoms with Gasteiger partial charge in [-0.15, -0.1) is 34.0 Å². The molecule has 0 atom stereocenters. The number of hydrogen-bond acceptors (Lipinski definition) is 7. The van der Waals surface area contributed by atoms with E-state index in [2.05, 4.69) is 467 Å². The molecule has 0 fully saturated rings. The van der Waals surface area contributed by atoms with Crippen LogP contribution in [0.5, 0.6) is 0 Å². The predicted octanol–water partition coefficient (Wildman–Crippen LogP) is 32.9. The van der Waals surface area contributed by atoms with Gasteiger partial charge in [0.2, 0.25) is 0 Å². The van der Waals surface area contributed by atoms with Crippen LogP contribution in [-0.4, -0.2) is 9.13 Å². The third kappa shape index (κ3) is 11.9. The monoisotopic (exact) mass is 1590 g/mol. The lowest BCUT2D eigenvalue weighted by molar-refractivity contribution is 0.660. The van der Waals surface area contributed by atoms with Crippen LogP contribution in [0.2, 0.25) is 0 Å². The summed E-state index contributed by atoms with van der Waals surface area (Å²) in [4.78, 5) is 9.49. The molecule has 0 saturated carbocycles. The molecule has 0 saturated heterocycles. The molecule has 6 nitrogen and oxygen atoms in total. The van der Waals surface area contributed by atoms with Gasteiger partial charge in [0.05, 0.1) is 22.1 Å². The van der Waals surface area contributed by atoms with Crippen LogP contribution >= 0.6 is 34.0 Å². The standard InChI is InChI=1S/C57H41N3S.C54H35N3S2/c1-57(2)51-27-14-12-25-45(51)46-31-29-44(35-52(46)57)59(40-21-10-5-11-22-40)43-30-32-53-48(34-43)49-37-56-50(47-26-13-15-28-55(47)61-56)36-54(49)60(53)42-24-16-23-41(33-42)58(38-17-6-3-7-18-38)39-19-8-4-9-20-39;1-4-14-36(15-5-1)55(37-16-6-2-7-17-37)41-29-31-49-46(32-41)47-35-54-48(44-21-11-13-23-52(44)59-54)34-50(47)57(49)40-26-24-39(25-27-40)56(38-18-8-3-9-19-38)42-28-30-45-43-20-10-12-22-51(43)58-53(45)33-42/h3-37H,1-2H3;1-35H. The van der Waals surface area contributed by atoms with Crippen molar-refractivity contribution in [3.05, 3.63) is 436 Å². The number of hydrogen-bond donors (Lipinski definition) is 0. The summed E-state index contributed by atoms with van der Waals surface area (Å²) in [7, 11) is 0. The average molecular weight is 1590 g/mol. The molecule has 5 aromatic heterocycles. The number of para-hydroxylation sites is 6. The zero-order chi connectivity index (χ0) is 79.5. The molecule has 568 valence electrons. The van der Waals surface area contributed by atoms with E-state index < -0.39 is 0 Å². The fourth-order valence-electron chi connectivity index (χ4n) is 18.7. The van der Waals surface area contributed by atoms with Gasteiger partial charge < -0.3 is 28.7 Å². The van der Waals surface area contributed by atoms with Crippen molar-refractivity contribution in [2.75, 3.05) is 19.6 Å². The summed E-state index contributed by atoms with van der Waals surface area (Å²) in [5.74, 6) is 0. The Morgan fingerprint density at radius 2 is 0.500 bits per heavy atom. The maximum Gasteiger partial charge on any atom is 0.0548 e. The molecule has 5 heterocycles. The molecule has 18 aromatic carbocycles. The number of rotatable bonds is 14. The van der Waals surface area contributed by atoms with E-state index in [1.54, 1.807) is 0 Å². The van der Waals surface area contributed by atoms with E-state index in [0.717, 1.165) is 79.6 Å². The summed E-state index contributed by atoms with van der Waals surface area (Å²) in [6, 6.07) is 155. The molecule has 0 bridgehead atoms. The molecule has 0 amide bonds. The quantitative estimate of drug-likeness (QED) is 0.108. The summed E-state index contributed by atoms with van der Waals surface area (Å²) in [6.45, 7) is 4.72. The number of anilines is 12. The molecule has 0 radical (unpaired) electrons. The molecule has 0 aliphatic heterocycles. The van der Waals surface area contributed by atoms with Crippen molar-refractivity contribution >= 4 is 206 Å². The minimum Gasteiger partial charge on any atom is -0.310 e. The van der Waals surface area contributed by atoms with Crippen molar-refractivity contribution in [2.24, 2.45) is 0 Å². The van der Waals surface area contributed by atoms with Crippen LogP contribution in [0.25, 0.3) is 127 Å². The molecule has 24 rings (SSSR count). The Labute approximate surface area is 707 Å². The first-order chi connectivity index (χ1) is 59.3. The van der Waals surface area contributed by atoms with Crippen molar-refractivity contribution in [3.63, 3.8) is 0 Å². The van der Waals surface area contributed by atoms with Gasteiger partial charge in [0.25, 0.3) is 0 Å². The summed E-state index contributed by atoms with van der Waals surface area (Å²) in [6.07, 6.45) is 0. The largest absolute Gasteiger partial charge is 0.310 e. The third-order valence-corrected chi connectivity index (χ3v) is 27.7. The zero-order valence-electron chi connectivity index (χ0n) is 65.8. The first kappa shape index (κ1) is 70.8. The van der Waals surface area contributed by atoms with Gasteiger partial charge in [0.15, 0.2) is 0 Å². The number of nitrogens with zero attached hydrogens (tertiary/aromatic N) is 6. The fourth-order valence-corrected chi connectivity index (χ4v) is 22.1. The second-order valence-electron chi connectivity index (χ2n) is 31.6. The van der Waals surface area contributed by atoms with Crippen LogP contribution in [0, 0.1) is 0 Å². The second-order valence-corrected chi connectivity index (χ2v) is 34.8. The van der Waals surface area contributed by atoms with Gasteiger partial charge >= 0.3 is 0 Å². The maximum absolute atomic E-state index is 2.47. The van der Waals surface area contributed by atoms with Gasteiger partial charge in [-0.1, -0.05) is 220 Å². The lowest BCUT2D eigenvalue weighted by Crippen LogP contribution is -2.16. The summed E-state index contributed by atoms with van der Waals surface area (Å²) < 4.78 is 12.7. The van der Waals surface area contributed by atoms with E-state index in [4.69, 9.17) is 0 Å². The van der Waals surface area contributed by atoms with Gasteiger partial charge in [-0.25, -0.2) is 0 Å². The first-order valence-electron chi connectivity index (χ1n) is 40.9. The van der Waals surface area contributed by atoms with Gasteiger partial charge in [0, 0.05) is 167 Å². The molecule has 1 aliphatic rings. The number of aromatic nitrogens is 2. The molecule has 9 heteroatoms. The highest BCUT2D eigenvalue weighted by Crippen LogP contribution is 2.53. The molecule has 23 aromatic rings. The maximum atomic E-state index is 2.47. The predicted molar refractivity (Wildman–Crippen MR) is 517 cm³/mol. The van der Waals surface area contributed by atoms with E-state index in [1.807, 2.05) is 34.0 Å². The summed E-state index contributed by atoms with van der Waals surface area (Å²) in [5.41, 5.74) is 25.7. The Kier molecular flexibility index (Phi) is 17.1. The smallest absolute Gasteiger partial charge is 0.0548 e. The van der Waals surface area contributed by atoms with E-state index in [1.165, 1.54) is 126 Å². The highest BCUT2D eigenvalue weighted by Gasteiger charge is 2.36. The van der Waals surface area contributed by atoms with Crippen LogP contribution in [0.4, 0.5) is 68.2 Å². The van der Waals surface area contributed by atoms with Gasteiger partial charge in [-0.2, -0.15) is 0 Å². The van der Waals surface area contributed by atoms with Crippen molar-refractivity contribution in [1.82, 2.24) is 9.13 Å². The van der Waals surface area contributed by atoms with Crippen molar-refractivity contribution in [1.29, 1.82) is 0 Å². The third-order valence-electron chi connectivity index (χ3n) is 24.3. The number of thiophene rings is 3. The minimum absolute atomic E-state index is 0.109. The Morgan fingerprint density at radius 3 is 0.975 bits per heavy atom. The Balaban J connectivity index is 0.000000140. The topological polar surface area (TPSA) is 22.8 Å². The first-order valence-corrected chi connectivity index (χ1v) is 43.4. The van der Waals surface area contributed by atoms with Gasteiger partial charge in [-0.3, -0.25) is 0 Å². The Hall–Kier alpha value is -14.6. The van der Waals surface area contributed by atoms with Crippen LogP contribution in [0.1, 0.15) is 25.0 Å². The van der Waals surface area contributed by atoms with Crippen molar-refractivity contribution in [2.45, 2.75) is 19.3 Å². The van der Waals surface area contributed by atoms with Crippen molar-refractivity contribution in [3.8, 4) is 22.5 Å². The van der Waals surface area contributed by atoms with E-state index in [0.29, 0.717) is 0 Å². The van der Waals surface area contributed by atoms with Crippen LogP contribution in [0.15, 0.2) is 425 Å². The van der Waals surface area contributed by atoms with Crippen molar-refractivity contribution < 1.29 is 0 Å². The lowest BCUT2D eigenvalue weighted by atomic mass is 9.82. The lowest BCUT2D eigenvalue weighted by Gasteiger charge is -2.28. The SMILES string of the molecule is CC1(C)c2ccccc2-c2ccc(N(c3ccccc3)c3ccc4c(c3)c3cc5sc6ccccc6c5cc3n4-c3cccc(N(c4ccccc4)c4ccccc4)c3)cc21.c1ccc(N(c2ccc(-n3c4ccc(N(c5ccccc5)c5ccccc5)cc4c4cc5sc6ccccc6c5cc43)cc2)c2ccc3c(c2)sc2ccccc23)cc1. The highest BCUT2D eigenvalue weighted by molar-refractivity contribution is 7.26. The minimum atomic E-state index is -0.109. The van der Waals surface area contributed by atoms with Crippen LogP contribution in [-0.2, 0) is 5.41 Å². The van der Waals surface area contributed by atoms with Gasteiger partial charge in [0.1, 0.15) is 0 Å². The number of fused-ring (bicyclic) bond motifs is 18. The molecule has 120 heavy (non-hydrogen) atoms. The second kappa shape index (κ2) is 28.9.